The quantitative estimate of drug-likeness (QED) is 0.687. The number of hydrogen-bond acceptors (Lipinski definition) is 1. The molecule has 0 spiro atoms. The molecule has 0 saturated carbocycles. The topological polar surface area (TPSA) is 17.8 Å². The molecule has 15 heavy (non-hydrogen) atoms. The molecule has 0 fully saturated rings. The normalized spacial score (nSPS) is 13.3. The minimum Gasteiger partial charge on any atom is -0.253 e. The first-order valence-electron chi connectivity index (χ1n) is 4.07. The Morgan fingerprint density at radius 1 is 1.13 bits per heavy atom. The van der Waals surface area contributed by atoms with Gasteiger partial charge in [-0.3, -0.25) is 4.68 Å². The molecule has 0 amide bonds. The summed E-state index contributed by atoms with van der Waals surface area (Å²) in [5.74, 6) is 0. The molecular formula is C8H9Br2F3N2. The van der Waals surface area contributed by atoms with Crippen LogP contribution in [-0.2, 0) is 11.7 Å². The second kappa shape index (κ2) is 3.76. The molecule has 1 aromatic heterocycles. The van der Waals surface area contributed by atoms with Crippen molar-refractivity contribution in [3.63, 3.8) is 0 Å². The molecule has 0 aliphatic heterocycles. The minimum absolute atomic E-state index is 0.0649. The molecule has 0 unspecified atom stereocenters. The van der Waals surface area contributed by atoms with Crippen LogP contribution in [0.5, 0.6) is 0 Å². The standard InChI is InChI=1S/C8H9Br2F3N2/c1-7(2,3)15-5(8(11,12)13)4(9)6(10)14-15/h1-3H3. The summed E-state index contributed by atoms with van der Waals surface area (Å²) in [5.41, 5.74) is -1.50. The molecule has 0 saturated heterocycles. The van der Waals surface area contributed by atoms with Crippen molar-refractivity contribution in [2.24, 2.45) is 0 Å². The van der Waals surface area contributed by atoms with E-state index in [4.69, 9.17) is 0 Å². The van der Waals surface area contributed by atoms with Gasteiger partial charge in [0.15, 0.2) is 5.69 Å². The van der Waals surface area contributed by atoms with Gasteiger partial charge in [0.2, 0.25) is 0 Å². The van der Waals surface area contributed by atoms with Crippen LogP contribution in [0.1, 0.15) is 26.5 Å². The van der Waals surface area contributed by atoms with Crippen molar-refractivity contribution in [3.05, 3.63) is 14.8 Å². The average Bonchev–Trinajstić information content (AvgIpc) is 2.25. The lowest BCUT2D eigenvalue weighted by Crippen LogP contribution is -2.28. The summed E-state index contributed by atoms with van der Waals surface area (Å²) in [6, 6.07) is 0. The lowest BCUT2D eigenvalue weighted by Gasteiger charge is -2.23. The number of hydrogen-bond donors (Lipinski definition) is 0. The van der Waals surface area contributed by atoms with Crippen LogP contribution in [-0.4, -0.2) is 9.78 Å². The van der Waals surface area contributed by atoms with Crippen LogP contribution in [0.2, 0.25) is 0 Å². The van der Waals surface area contributed by atoms with E-state index in [1.165, 1.54) is 0 Å². The number of nitrogens with zero attached hydrogens (tertiary/aromatic N) is 2. The first kappa shape index (κ1) is 13.0. The van der Waals surface area contributed by atoms with Gasteiger partial charge in [-0.2, -0.15) is 18.3 Å². The zero-order chi connectivity index (χ0) is 12.0. The van der Waals surface area contributed by atoms with Crippen molar-refractivity contribution >= 4 is 31.9 Å². The van der Waals surface area contributed by atoms with Crippen LogP contribution < -0.4 is 0 Å². The molecule has 0 aliphatic carbocycles. The second-order valence-corrected chi connectivity index (χ2v) is 5.58. The summed E-state index contributed by atoms with van der Waals surface area (Å²) in [6.45, 7) is 4.98. The lowest BCUT2D eigenvalue weighted by atomic mass is 10.1. The number of alkyl halides is 3. The van der Waals surface area contributed by atoms with Crippen LogP contribution in [0.4, 0.5) is 13.2 Å². The smallest absolute Gasteiger partial charge is 0.253 e. The van der Waals surface area contributed by atoms with E-state index < -0.39 is 17.4 Å². The summed E-state index contributed by atoms with van der Waals surface area (Å²) < 4.78 is 39.3. The third-order valence-electron chi connectivity index (χ3n) is 1.69. The fourth-order valence-corrected chi connectivity index (χ4v) is 1.92. The molecule has 0 N–H and O–H groups in total. The van der Waals surface area contributed by atoms with Crippen LogP contribution in [0, 0.1) is 0 Å². The van der Waals surface area contributed by atoms with E-state index in [-0.39, 0.29) is 9.08 Å². The molecule has 0 atom stereocenters. The van der Waals surface area contributed by atoms with Crippen molar-refractivity contribution < 1.29 is 13.2 Å². The fourth-order valence-electron chi connectivity index (χ4n) is 1.10. The van der Waals surface area contributed by atoms with E-state index in [2.05, 4.69) is 37.0 Å². The van der Waals surface area contributed by atoms with Crippen molar-refractivity contribution in [3.8, 4) is 0 Å². The summed E-state index contributed by atoms with van der Waals surface area (Å²) >= 11 is 5.85. The molecule has 0 aromatic carbocycles. The molecule has 7 heteroatoms. The Morgan fingerprint density at radius 3 is 1.87 bits per heavy atom. The molecule has 1 rings (SSSR count). The first-order valence-corrected chi connectivity index (χ1v) is 5.65. The number of rotatable bonds is 0. The monoisotopic (exact) mass is 348 g/mol. The van der Waals surface area contributed by atoms with Gasteiger partial charge in [-0.15, -0.1) is 0 Å². The van der Waals surface area contributed by atoms with Crippen molar-refractivity contribution in [1.82, 2.24) is 9.78 Å². The Morgan fingerprint density at radius 2 is 1.60 bits per heavy atom. The van der Waals surface area contributed by atoms with E-state index in [1.807, 2.05) is 0 Å². The highest BCUT2D eigenvalue weighted by molar-refractivity contribution is 9.13. The van der Waals surface area contributed by atoms with Crippen LogP contribution >= 0.6 is 31.9 Å². The number of aromatic nitrogens is 2. The Kier molecular flexibility index (Phi) is 3.27. The van der Waals surface area contributed by atoms with Gasteiger partial charge in [0.25, 0.3) is 0 Å². The van der Waals surface area contributed by atoms with Gasteiger partial charge in [-0.25, -0.2) is 0 Å². The zero-order valence-corrected chi connectivity index (χ0v) is 11.5. The fraction of sp³-hybridized carbons (Fsp3) is 0.625. The number of halogens is 5. The molecule has 0 radical (unpaired) electrons. The van der Waals surface area contributed by atoms with Crippen LogP contribution in [0.3, 0.4) is 0 Å². The molecule has 1 heterocycles. The highest BCUT2D eigenvalue weighted by Crippen LogP contribution is 2.40. The van der Waals surface area contributed by atoms with Gasteiger partial charge in [-0.1, -0.05) is 0 Å². The van der Waals surface area contributed by atoms with Gasteiger partial charge < -0.3 is 0 Å². The van der Waals surface area contributed by atoms with E-state index in [0.29, 0.717) is 0 Å². The Balaban J connectivity index is 3.48. The van der Waals surface area contributed by atoms with Crippen molar-refractivity contribution in [2.45, 2.75) is 32.5 Å². The Bertz CT molecular complexity index is 376. The molecule has 0 aliphatic rings. The highest BCUT2D eigenvalue weighted by atomic mass is 79.9. The van der Waals surface area contributed by atoms with E-state index in [1.54, 1.807) is 20.8 Å². The molecule has 0 bridgehead atoms. The predicted molar refractivity (Wildman–Crippen MR) is 57.6 cm³/mol. The minimum atomic E-state index is -4.43. The van der Waals surface area contributed by atoms with E-state index >= 15 is 0 Å². The SMILES string of the molecule is CC(C)(C)n1nc(Br)c(Br)c1C(F)(F)F. The maximum absolute atomic E-state index is 12.7. The first-order chi connectivity index (χ1) is 6.55. The molecule has 2 nitrogen and oxygen atoms in total. The lowest BCUT2D eigenvalue weighted by molar-refractivity contribution is -0.146. The van der Waals surface area contributed by atoms with Gasteiger partial charge in [0.1, 0.15) is 4.60 Å². The summed E-state index contributed by atoms with van der Waals surface area (Å²) in [4.78, 5) is 0. The van der Waals surface area contributed by atoms with Crippen molar-refractivity contribution in [2.75, 3.05) is 0 Å². The third kappa shape index (κ3) is 2.55. The largest absolute Gasteiger partial charge is 0.434 e. The summed E-state index contributed by atoms with van der Waals surface area (Å²) in [5, 5.41) is 3.81. The maximum atomic E-state index is 12.7. The maximum Gasteiger partial charge on any atom is 0.434 e. The van der Waals surface area contributed by atoms with Gasteiger partial charge in [0.05, 0.1) is 10.0 Å². The highest BCUT2D eigenvalue weighted by Gasteiger charge is 2.41. The molecule has 86 valence electrons. The van der Waals surface area contributed by atoms with Crippen molar-refractivity contribution in [1.29, 1.82) is 0 Å². The van der Waals surface area contributed by atoms with E-state index in [0.717, 1.165) is 4.68 Å². The van der Waals surface area contributed by atoms with E-state index in [9.17, 15) is 13.2 Å². The Labute approximate surface area is 102 Å². The summed E-state index contributed by atoms with van der Waals surface area (Å²) in [6.07, 6.45) is -4.43. The van der Waals surface area contributed by atoms with Gasteiger partial charge in [0, 0.05) is 0 Å². The average molecular weight is 350 g/mol. The zero-order valence-electron chi connectivity index (χ0n) is 8.28. The second-order valence-electron chi connectivity index (χ2n) is 4.03. The Hall–Kier alpha value is -0.0400. The molecule has 1 aromatic rings. The summed E-state index contributed by atoms with van der Waals surface area (Å²) in [7, 11) is 0. The third-order valence-corrected chi connectivity index (χ3v) is 3.53. The molecular weight excluding hydrogens is 341 g/mol. The predicted octanol–water partition coefficient (Wildman–Crippen LogP) is 4.18. The van der Waals surface area contributed by atoms with Gasteiger partial charge in [-0.05, 0) is 52.6 Å². The van der Waals surface area contributed by atoms with Crippen LogP contribution in [0.15, 0.2) is 9.08 Å². The van der Waals surface area contributed by atoms with Crippen LogP contribution in [0.25, 0.3) is 0 Å². The van der Waals surface area contributed by atoms with Gasteiger partial charge >= 0.3 is 6.18 Å².